The number of benzene rings is 1. The van der Waals surface area contributed by atoms with Gasteiger partial charge in [0.25, 0.3) is 5.91 Å². The molecule has 1 N–H and O–H groups in total. The largest absolute Gasteiger partial charge is 0.480 e. The van der Waals surface area contributed by atoms with Gasteiger partial charge in [0.05, 0.1) is 0 Å². The minimum atomic E-state index is -1.07. The van der Waals surface area contributed by atoms with Crippen molar-refractivity contribution >= 4 is 27.8 Å². The first-order chi connectivity index (χ1) is 10.4. The Labute approximate surface area is 136 Å². The van der Waals surface area contributed by atoms with Crippen molar-refractivity contribution in [1.29, 1.82) is 0 Å². The van der Waals surface area contributed by atoms with Crippen molar-refractivity contribution in [2.45, 2.75) is 20.4 Å². The third kappa shape index (κ3) is 3.98. The Kier molecular flexibility index (Phi) is 5.03. The van der Waals surface area contributed by atoms with Crippen molar-refractivity contribution in [3.8, 4) is 0 Å². The van der Waals surface area contributed by atoms with E-state index in [1.807, 2.05) is 24.3 Å². The number of amides is 1. The van der Waals surface area contributed by atoms with Crippen LogP contribution in [0.1, 0.15) is 27.4 Å². The van der Waals surface area contributed by atoms with Crippen LogP contribution < -0.4 is 0 Å². The molecular formula is C16H16BrNO4. The van der Waals surface area contributed by atoms with Crippen LogP contribution in [0.25, 0.3) is 0 Å². The van der Waals surface area contributed by atoms with E-state index in [0.29, 0.717) is 11.3 Å². The Bertz CT molecular complexity index is 708. The minimum Gasteiger partial charge on any atom is -0.480 e. The molecule has 0 spiro atoms. The summed E-state index contributed by atoms with van der Waals surface area (Å²) < 4.78 is 6.28. The van der Waals surface area contributed by atoms with Crippen molar-refractivity contribution in [2.75, 3.05) is 6.54 Å². The fourth-order valence-electron chi connectivity index (χ4n) is 2.22. The van der Waals surface area contributed by atoms with Crippen LogP contribution in [-0.2, 0) is 11.3 Å². The number of halogens is 1. The summed E-state index contributed by atoms with van der Waals surface area (Å²) in [6.45, 7) is 3.33. The number of hydrogen-bond donors (Lipinski definition) is 1. The van der Waals surface area contributed by atoms with E-state index in [0.717, 1.165) is 10.0 Å². The maximum absolute atomic E-state index is 12.6. The Morgan fingerprint density at radius 3 is 2.55 bits per heavy atom. The lowest BCUT2D eigenvalue weighted by molar-refractivity contribution is -0.137. The Morgan fingerprint density at radius 2 is 2.00 bits per heavy atom. The van der Waals surface area contributed by atoms with E-state index in [1.165, 1.54) is 4.90 Å². The fourth-order valence-corrected chi connectivity index (χ4v) is 2.66. The van der Waals surface area contributed by atoms with Gasteiger partial charge in [-0.2, -0.15) is 0 Å². The smallest absolute Gasteiger partial charge is 0.323 e. The summed E-state index contributed by atoms with van der Waals surface area (Å²) in [6, 6.07) is 9.15. The van der Waals surface area contributed by atoms with Crippen molar-refractivity contribution in [2.24, 2.45) is 0 Å². The molecule has 1 amide bonds. The van der Waals surface area contributed by atoms with Gasteiger partial charge in [-0.25, -0.2) is 0 Å². The van der Waals surface area contributed by atoms with Gasteiger partial charge >= 0.3 is 5.97 Å². The molecule has 0 unspecified atom stereocenters. The second-order valence-corrected chi connectivity index (χ2v) is 5.97. The van der Waals surface area contributed by atoms with Gasteiger partial charge in [0.1, 0.15) is 12.3 Å². The first-order valence-corrected chi connectivity index (χ1v) is 7.48. The Morgan fingerprint density at radius 1 is 1.27 bits per heavy atom. The standard InChI is InChI=1S/C16H16BrNO4/c1-10-6-11(2)22-15(10)16(21)18(9-14(19)20)8-12-4-3-5-13(17)7-12/h3-7H,8-9H2,1-2H3,(H,19,20). The lowest BCUT2D eigenvalue weighted by Gasteiger charge is -2.20. The van der Waals surface area contributed by atoms with E-state index in [4.69, 9.17) is 9.52 Å². The number of rotatable bonds is 5. The summed E-state index contributed by atoms with van der Waals surface area (Å²) >= 11 is 3.36. The molecule has 6 heteroatoms. The van der Waals surface area contributed by atoms with Gasteiger partial charge in [-0.05, 0) is 37.6 Å². The van der Waals surface area contributed by atoms with Gasteiger partial charge in [-0.15, -0.1) is 0 Å². The van der Waals surface area contributed by atoms with Gasteiger partial charge in [-0.3, -0.25) is 9.59 Å². The molecule has 0 saturated heterocycles. The highest BCUT2D eigenvalue weighted by Crippen LogP contribution is 2.19. The molecular weight excluding hydrogens is 350 g/mol. The van der Waals surface area contributed by atoms with Crippen molar-refractivity contribution in [1.82, 2.24) is 4.90 Å². The Balaban J connectivity index is 2.27. The number of nitrogens with zero attached hydrogens (tertiary/aromatic N) is 1. The highest BCUT2D eigenvalue weighted by molar-refractivity contribution is 9.10. The maximum Gasteiger partial charge on any atom is 0.323 e. The monoisotopic (exact) mass is 365 g/mol. The van der Waals surface area contributed by atoms with Crippen LogP contribution in [0.2, 0.25) is 0 Å². The zero-order valence-corrected chi connectivity index (χ0v) is 13.9. The first kappa shape index (κ1) is 16.3. The molecule has 22 heavy (non-hydrogen) atoms. The number of furan rings is 1. The molecule has 0 atom stereocenters. The summed E-state index contributed by atoms with van der Waals surface area (Å²) in [6.07, 6.45) is 0. The molecule has 0 bridgehead atoms. The lowest BCUT2D eigenvalue weighted by atomic mass is 10.2. The van der Waals surface area contributed by atoms with Crippen LogP contribution in [0.4, 0.5) is 0 Å². The van der Waals surface area contributed by atoms with Crippen molar-refractivity contribution in [3.05, 3.63) is 57.5 Å². The van der Waals surface area contributed by atoms with Crippen LogP contribution in [0, 0.1) is 13.8 Å². The van der Waals surface area contributed by atoms with Crippen LogP contribution >= 0.6 is 15.9 Å². The lowest BCUT2D eigenvalue weighted by Crippen LogP contribution is -2.35. The number of carboxylic acids is 1. The molecule has 0 saturated carbocycles. The second kappa shape index (κ2) is 6.79. The molecule has 1 aromatic heterocycles. The summed E-state index contributed by atoms with van der Waals surface area (Å²) in [5.41, 5.74) is 1.54. The number of aliphatic carboxylic acids is 1. The third-order valence-corrected chi connectivity index (χ3v) is 3.60. The highest BCUT2D eigenvalue weighted by atomic mass is 79.9. The van der Waals surface area contributed by atoms with Crippen LogP contribution in [0.3, 0.4) is 0 Å². The summed E-state index contributed by atoms with van der Waals surface area (Å²) in [5.74, 6) is -0.676. The maximum atomic E-state index is 12.6. The normalized spacial score (nSPS) is 10.5. The van der Waals surface area contributed by atoms with E-state index < -0.39 is 11.9 Å². The number of aryl methyl sites for hydroxylation is 2. The predicted molar refractivity (Wildman–Crippen MR) is 84.7 cm³/mol. The molecule has 0 radical (unpaired) electrons. The minimum absolute atomic E-state index is 0.189. The number of carbonyl (C=O) groups is 2. The third-order valence-electron chi connectivity index (χ3n) is 3.11. The first-order valence-electron chi connectivity index (χ1n) is 6.69. The second-order valence-electron chi connectivity index (χ2n) is 5.05. The van der Waals surface area contributed by atoms with Gasteiger partial charge in [0.15, 0.2) is 5.76 Å². The molecule has 1 heterocycles. The molecule has 0 aliphatic heterocycles. The predicted octanol–water partition coefficient (Wildman–Crippen LogP) is 3.39. The van der Waals surface area contributed by atoms with E-state index in [9.17, 15) is 9.59 Å². The van der Waals surface area contributed by atoms with E-state index in [1.54, 1.807) is 19.9 Å². The molecule has 1 aromatic carbocycles. The fraction of sp³-hybridized carbons (Fsp3) is 0.250. The molecule has 0 fully saturated rings. The number of hydrogen-bond acceptors (Lipinski definition) is 3. The summed E-state index contributed by atoms with van der Waals surface area (Å²) in [7, 11) is 0. The molecule has 2 rings (SSSR count). The number of carbonyl (C=O) groups excluding carboxylic acids is 1. The molecule has 2 aromatic rings. The molecule has 0 aliphatic carbocycles. The highest BCUT2D eigenvalue weighted by Gasteiger charge is 2.23. The van der Waals surface area contributed by atoms with Crippen molar-refractivity contribution < 1.29 is 19.1 Å². The van der Waals surface area contributed by atoms with E-state index in [-0.39, 0.29) is 18.8 Å². The quantitative estimate of drug-likeness (QED) is 0.881. The van der Waals surface area contributed by atoms with Crippen LogP contribution in [0.5, 0.6) is 0 Å². The van der Waals surface area contributed by atoms with Crippen LogP contribution in [0.15, 0.2) is 39.2 Å². The summed E-state index contributed by atoms with van der Waals surface area (Å²) in [4.78, 5) is 24.9. The molecule has 5 nitrogen and oxygen atoms in total. The topological polar surface area (TPSA) is 70.8 Å². The Hall–Kier alpha value is -2.08. The summed E-state index contributed by atoms with van der Waals surface area (Å²) in [5, 5.41) is 9.05. The van der Waals surface area contributed by atoms with E-state index in [2.05, 4.69) is 15.9 Å². The zero-order chi connectivity index (χ0) is 16.3. The molecule has 0 aliphatic rings. The van der Waals surface area contributed by atoms with Crippen molar-refractivity contribution in [3.63, 3.8) is 0 Å². The SMILES string of the molecule is Cc1cc(C)c(C(=O)N(CC(=O)O)Cc2cccc(Br)c2)o1. The average molecular weight is 366 g/mol. The van der Waals surface area contributed by atoms with Gasteiger partial charge in [0.2, 0.25) is 0 Å². The zero-order valence-electron chi connectivity index (χ0n) is 12.3. The van der Waals surface area contributed by atoms with Gasteiger partial charge in [-0.1, -0.05) is 28.1 Å². The van der Waals surface area contributed by atoms with Crippen LogP contribution in [-0.4, -0.2) is 28.4 Å². The van der Waals surface area contributed by atoms with Gasteiger partial charge in [0, 0.05) is 16.6 Å². The number of carboxylic acid groups (broad SMARTS) is 1. The molecule has 116 valence electrons. The van der Waals surface area contributed by atoms with Gasteiger partial charge < -0.3 is 14.4 Å². The average Bonchev–Trinajstić information content (AvgIpc) is 2.75. The van der Waals surface area contributed by atoms with E-state index >= 15 is 0 Å².